The highest BCUT2D eigenvalue weighted by Gasteiger charge is 2.35. The number of hydrazone groups is 1. The van der Waals surface area contributed by atoms with Crippen LogP contribution in [0.5, 0.6) is 0 Å². The van der Waals surface area contributed by atoms with E-state index in [1.165, 1.54) is 0 Å². The topological polar surface area (TPSA) is 108 Å². The van der Waals surface area contributed by atoms with Gasteiger partial charge in [-0.15, -0.1) is 5.10 Å². The first-order valence-electron chi connectivity index (χ1n) is 3.11. The number of ether oxygens (including phenoxy) is 1. The molecule has 0 amide bonds. The van der Waals surface area contributed by atoms with E-state index in [4.69, 9.17) is 21.2 Å². The van der Waals surface area contributed by atoms with Crippen molar-refractivity contribution in [2.75, 3.05) is 6.61 Å². The zero-order valence-corrected chi connectivity index (χ0v) is 5.71. The lowest BCUT2D eigenvalue weighted by Gasteiger charge is -2.28. The van der Waals surface area contributed by atoms with Crippen molar-refractivity contribution in [2.24, 2.45) is 10.9 Å². The van der Waals surface area contributed by atoms with Crippen molar-refractivity contribution in [3.63, 3.8) is 0 Å². The lowest BCUT2D eigenvalue weighted by molar-refractivity contribution is -0.0837. The second kappa shape index (κ2) is 3.04. The number of nitrogens with two attached hydrogens (primary N) is 1. The number of aliphatic hydroxyl groups is 3. The summed E-state index contributed by atoms with van der Waals surface area (Å²) in [6.45, 7) is -0.103. The van der Waals surface area contributed by atoms with Gasteiger partial charge in [0, 0.05) is 0 Å². The average molecular weight is 162 g/mol. The molecule has 0 spiro atoms. The second-order valence-electron chi connectivity index (χ2n) is 2.28. The van der Waals surface area contributed by atoms with Crippen LogP contribution in [-0.2, 0) is 4.74 Å². The van der Waals surface area contributed by atoms with Gasteiger partial charge in [-0.1, -0.05) is 0 Å². The van der Waals surface area contributed by atoms with Crippen molar-refractivity contribution in [1.29, 1.82) is 0 Å². The molecule has 64 valence electrons. The Labute approximate surface area is 62.9 Å². The number of nitrogens with zero attached hydrogens (tertiary/aromatic N) is 1. The maximum absolute atomic E-state index is 9.06. The fourth-order valence-corrected chi connectivity index (χ4v) is 0.825. The third-order valence-corrected chi connectivity index (χ3v) is 1.50. The summed E-state index contributed by atoms with van der Waals surface area (Å²) in [4.78, 5) is 0. The fraction of sp³-hybridized carbons (Fsp3) is 0.800. The number of aliphatic hydroxyl groups excluding tert-OH is 3. The van der Waals surface area contributed by atoms with Crippen molar-refractivity contribution >= 4 is 5.90 Å². The van der Waals surface area contributed by atoms with Crippen LogP contribution in [0.3, 0.4) is 0 Å². The molecule has 1 saturated heterocycles. The van der Waals surface area contributed by atoms with Gasteiger partial charge in [-0.2, -0.15) is 0 Å². The van der Waals surface area contributed by atoms with Crippen LogP contribution in [-0.4, -0.2) is 46.1 Å². The van der Waals surface area contributed by atoms with Gasteiger partial charge in [0.2, 0.25) is 5.90 Å². The van der Waals surface area contributed by atoms with Crippen LogP contribution < -0.4 is 5.84 Å². The zero-order chi connectivity index (χ0) is 8.43. The molecule has 1 aliphatic heterocycles. The van der Waals surface area contributed by atoms with Gasteiger partial charge in [0.1, 0.15) is 18.8 Å². The van der Waals surface area contributed by atoms with E-state index in [1.54, 1.807) is 0 Å². The third-order valence-electron chi connectivity index (χ3n) is 1.50. The molecule has 0 aliphatic carbocycles. The average Bonchev–Trinajstić information content (AvgIpc) is 2.01. The van der Waals surface area contributed by atoms with E-state index >= 15 is 0 Å². The highest BCUT2D eigenvalue weighted by Crippen LogP contribution is 2.10. The molecule has 6 nitrogen and oxygen atoms in total. The van der Waals surface area contributed by atoms with Crippen molar-refractivity contribution in [3.05, 3.63) is 0 Å². The van der Waals surface area contributed by atoms with Gasteiger partial charge in [0.25, 0.3) is 0 Å². The normalized spacial score (nSPS) is 42.1. The first-order chi connectivity index (χ1) is 5.16. The molecule has 1 fully saturated rings. The zero-order valence-electron chi connectivity index (χ0n) is 5.71. The molecule has 1 unspecified atom stereocenters. The predicted octanol–water partition coefficient (Wildman–Crippen LogP) is -2.63. The standard InChI is InChI=1S/C5H10N2O4/c6-7-5-4(10)3(9)2(8)1-11-5/h2-4,8-10H,1,6H2/b7-5+/t2-,3+,4?/m0/s1. The van der Waals surface area contributed by atoms with E-state index in [2.05, 4.69) is 9.84 Å². The number of rotatable bonds is 0. The summed E-state index contributed by atoms with van der Waals surface area (Å²) in [5.74, 6) is 4.66. The van der Waals surface area contributed by atoms with Gasteiger partial charge in [-0.05, 0) is 0 Å². The Kier molecular flexibility index (Phi) is 2.28. The minimum absolute atomic E-state index is 0.103. The van der Waals surface area contributed by atoms with Crippen LogP contribution in [0.25, 0.3) is 0 Å². The Morgan fingerprint density at radius 3 is 2.64 bits per heavy atom. The van der Waals surface area contributed by atoms with E-state index in [1.807, 2.05) is 0 Å². The fourth-order valence-electron chi connectivity index (χ4n) is 0.825. The molecule has 1 rings (SSSR count). The van der Waals surface area contributed by atoms with Gasteiger partial charge in [0.05, 0.1) is 0 Å². The first kappa shape index (κ1) is 8.25. The summed E-state index contributed by atoms with van der Waals surface area (Å²) in [6, 6.07) is 0. The number of hydrogen-bond acceptors (Lipinski definition) is 6. The highest BCUT2D eigenvalue weighted by molar-refractivity contribution is 5.81. The molecule has 3 atom stereocenters. The monoisotopic (exact) mass is 162 g/mol. The van der Waals surface area contributed by atoms with Crippen molar-refractivity contribution in [1.82, 2.24) is 0 Å². The highest BCUT2D eigenvalue weighted by atomic mass is 16.5. The minimum Gasteiger partial charge on any atom is -0.475 e. The van der Waals surface area contributed by atoms with E-state index < -0.39 is 18.3 Å². The molecule has 11 heavy (non-hydrogen) atoms. The second-order valence-corrected chi connectivity index (χ2v) is 2.28. The summed E-state index contributed by atoms with van der Waals surface area (Å²) in [5.41, 5.74) is 0. The summed E-state index contributed by atoms with van der Waals surface area (Å²) in [6.07, 6.45) is -3.69. The molecule has 0 saturated carbocycles. The molecule has 0 aromatic carbocycles. The summed E-state index contributed by atoms with van der Waals surface area (Å²) in [5, 5.41) is 30.1. The Balaban J connectivity index is 2.67. The van der Waals surface area contributed by atoms with E-state index in [0.717, 1.165) is 0 Å². The van der Waals surface area contributed by atoms with Crippen molar-refractivity contribution in [3.8, 4) is 0 Å². The molecule has 0 aromatic heterocycles. The summed E-state index contributed by atoms with van der Waals surface area (Å²) < 4.78 is 4.69. The lowest BCUT2D eigenvalue weighted by Crippen LogP contribution is -2.50. The van der Waals surface area contributed by atoms with Crippen molar-refractivity contribution < 1.29 is 20.1 Å². The Morgan fingerprint density at radius 2 is 2.09 bits per heavy atom. The van der Waals surface area contributed by atoms with Gasteiger partial charge in [0.15, 0.2) is 6.10 Å². The molecule has 0 radical (unpaired) electrons. The van der Waals surface area contributed by atoms with Gasteiger partial charge in [-0.3, -0.25) is 0 Å². The van der Waals surface area contributed by atoms with E-state index in [9.17, 15) is 0 Å². The van der Waals surface area contributed by atoms with Crippen LogP contribution in [0.4, 0.5) is 0 Å². The van der Waals surface area contributed by atoms with Crippen LogP contribution in [0, 0.1) is 0 Å². The maximum Gasteiger partial charge on any atom is 0.237 e. The smallest absolute Gasteiger partial charge is 0.237 e. The third kappa shape index (κ3) is 1.42. The molecular formula is C5H10N2O4. The quantitative estimate of drug-likeness (QED) is 0.230. The van der Waals surface area contributed by atoms with Gasteiger partial charge < -0.3 is 25.9 Å². The Morgan fingerprint density at radius 1 is 1.45 bits per heavy atom. The predicted molar refractivity (Wildman–Crippen MR) is 35.6 cm³/mol. The molecule has 0 bridgehead atoms. The van der Waals surface area contributed by atoms with Gasteiger partial charge >= 0.3 is 0 Å². The number of hydrogen-bond donors (Lipinski definition) is 4. The molecule has 6 heteroatoms. The minimum atomic E-state index is -1.33. The molecule has 1 aliphatic rings. The van der Waals surface area contributed by atoms with Crippen LogP contribution in [0.1, 0.15) is 0 Å². The van der Waals surface area contributed by atoms with Gasteiger partial charge in [-0.25, -0.2) is 0 Å². The largest absolute Gasteiger partial charge is 0.475 e. The van der Waals surface area contributed by atoms with E-state index in [-0.39, 0.29) is 12.5 Å². The molecule has 5 N–H and O–H groups in total. The Hall–Kier alpha value is -0.850. The van der Waals surface area contributed by atoms with Crippen LogP contribution in [0.15, 0.2) is 5.10 Å². The van der Waals surface area contributed by atoms with E-state index in [0.29, 0.717) is 0 Å². The summed E-state index contributed by atoms with van der Waals surface area (Å²) >= 11 is 0. The summed E-state index contributed by atoms with van der Waals surface area (Å²) in [7, 11) is 0. The SMILES string of the molecule is N/N=C1/OC[C@H](O)[C@@H](O)C1O. The lowest BCUT2D eigenvalue weighted by atomic mass is 10.1. The van der Waals surface area contributed by atoms with Crippen molar-refractivity contribution in [2.45, 2.75) is 18.3 Å². The first-order valence-corrected chi connectivity index (χ1v) is 3.11. The van der Waals surface area contributed by atoms with Crippen LogP contribution in [0.2, 0.25) is 0 Å². The molecule has 1 heterocycles. The Bertz CT molecular complexity index is 172. The van der Waals surface area contributed by atoms with Crippen LogP contribution >= 0.6 is 0 Å². The maximum atomic E-state index is 9.06. The molecular weight excluding hydrogens is 152 g/mol. The molecule has 0 aromatic rings.